The monoisotopic (exact) mass is 306 g/mol. The lowest BCUT2D eigenvalue weighted by atomic mass is 10.1. The zero-order valence-electron chi connectivity index (χ0n) is 13.3. The lowest BCUT2D eigenvalue weighted by molar-refractivity contribution is -0.136. The molecule has 0 bridgehead atoms. The molecule has 0 saturated carbocycles. The van der Waals surface area contributed by atoms with Crippen molar-refractivity contribution in [3.63, 3.8) is 0 Å². The number of hydrogen-bond donors (Lipinski definition) is 1. The van der Waals surface area contributed by atoms with Gasteiger partial charge < -0.3 is 9.84 Å². The van der Waals surface area contributed by atoms with E-state index >= 15 is 0 Å². The van der Waals surface area contributed by atoms with E-state index in [4.69, 9.17) is 9.84 Å². The van der Waals surface area contributed by atoms with Crippen LogP contribution in [0.3, 0.4) is 0 Å². The van der Waals surface area contributed by atoms with Crippen LogP contribution in [0.4, 0.5) is 10.5 Å². The van der Waals surface area contributed by atoms with E-state index in [2.05, 4.69) is 4.98 Å². The summed E-state index contributed by atoms with van der Waals surface area (Å²) in [7, 11) is 0. The Labute approximate surface area is 130 Å². The van der Waals surface area contributed by atoms with E-state index in [1.54, 1.807) is 11.0 Å². The van der Waals surface area contributed by atoms with Crippen LogP contribution >= 0.6 is 0 Å². The van der Waals surface area contributed by atoms with Gasteiger partial charge in [0.25, 0.3) is 0 Å². The van der Waals surface area contributed by atoms with Gasteiger partial charge in [0.2, 0.25) is 0 Å². The summed E-state index contributed by atoms with van der Waals surface area (Å²) in [5.74, 6) is -0.838. The molecule has 0 saturated heterocycles. The number of carboxylic acid groups (broad SMARTS) is 1. The predicted molar refractivity (Wildman–Crippen MR) is 82.1 cm³/mol. The zero-order chi connectivity index (χ0) is 16.3. The van der Waals surface area contributed by atoms with Crippen LogP contribution in [0, 0.1) is 0 Å². The van der Waals surface area contributed by atoms with Crippen molar-refractivity contribution in [3.8, 4) is 0 Å². The third-order valence-corrected chi connectivity index (χ3v) is 3.30. The summed E-state index contributed by atoms with van der Waals surface area (Å²) in [4.78, 5) is 29.0. The van der Waals surface area contributed by atoms with Gasteiger partial charge in [-0.25, -0.2) is 4.79 Å². The minimum Gasteiger partial charge on any atom is -0.481 e. The highest BCUT2D eigenvalue weighted by Gasteiger charge is 2.28. The third-order valence-electron chi connectivity index (χ3n) is 3.30. The molecule has 0 aromatic carbocycles. The van der Waals surface area contributed by atoms with E-state index < -0.39 is 11.6 Å². The van der Waals surface area contributed by atoms with Gasteiger partial charge in [0.05, 0.1) is 17.8 Å². The number of aryl methyl sites for hydroxylation is 2. The van der Waals surface area contributed by atoms with Crippen LogP contribution in [-0.4, -0.2) is 34.3 Å². The van der Waals surface area contributed by atoms with E-state index in [0.717, 1.165) is 29.9 Å². The topological polar surface area (TPSA) is 79.7 Å². The molecule has 1 aromatic rings. The third kappa shape index (κ3) is 4.19. The van der Waals surface area contributed by atoms with E-state index in [-0.39, 0.29) is 12.5 Å². The normalized spacial score (nSPS) is 14.4. The molecule has 0 spiro atoms. The number of pyridine rings is 1. The quantitative estimate of drug-likeness (QED) is 0.929. The van der Waals surface area contributed by atoms with Crippen molar-refractivity contribution in [2.24, 2.45) is 0 Å². The van der Waals surface area contributed by atoms with Gasteiger partial charge in [0.15, 0.2) is 0 Å². The maximum atomic E-state index is 12.3. The standard InChI is InChI=1S/C16H22N2O4/c1-16(2,3)22-15(21)18-10-4-5-12-13(18)8-6-11(17-12)7-9-14(19)20/h6,8H,4-5,7,9-10H2,1-3H3,(H,19,20). The molecule has 6 nitrogen and oxygen atoms in total. The number of carboxylic acids is 1. The Kier molecular flexibility index (Phi) is 4.68. The van der Waals surface area contributed by atoms with Crippen molar-refractivity contribution in [3.05, 3.63) is 23.5 Å². The van der Waals surface area contributed by atoms with E-state index in [1.165, 1.54) is 0 Å². The van der Waals surface area contributed by atoms with Crippen LogP contribution in [0.15, 0.2) is 12.1 Å². The minimum atomic E-state index is -0.838. The molecule has 1 N–H and O–H groups in total. The second-order valence-electron chi connectivity index (χ2n) is 6.40. The number of amides is 1. The number of hydrogen-bond acceptors (Lipinski definition) is 4. The molecule has 2 rings (SSSR count). The average Bonchev–Trinajstić information content (AvgIpc) is 2.42. The number of aromatic nitrogens is 1. The van der Waals surface area contributed by atoms with Crippen molar-refractivity contribution < 1.29 is 19.4 Å². The summed E-state index contributed by atoms with van der Waals surface area (Å²) in [6.45, 7) is 6.12. The van der Waals surface area contributed by atoms with Crippen LogP contribution in [-0.2, 0) is 22.4 Å². The molecule has 1 aliphatic rings. The molecule has 0 radical (unpaired) electrons. The average molecular weight is 306 g/mol. The fraction of sp³-hybridized carbons (Fsp3) is 0.562. The first-order valence-corrected chi connectivity index (χ1v) is 7.47. The summed E-state index contributed by atoms with van der Waals surface area (Å²) in [5.41, 5.74) is 1.80. The second kappa shape index (κ2) is 6.34. The SMILES string of the molecule is CC(C)(C)OC(=O)N1CCCc2nc(CCC(=O)O)ccc21. The molecular formula is C16H22N2O4. The first-order valence-electron chi connectivity index (χ1n) is 7.47. The minimum absolute atomic E-state index is 0.0571. The van der Waals surface area contributed by atoms with Gasteiger partial charge in [-0.3, -0.25) is 14.7 Å². The highest BCUT2D eigenvalue weighted by Crippen LogP contribution is 2.27. The van der Waals surface area contributed by atoms with Gasteiger partial charge >= 0.3 is 12.1 Å². The van der Waals surface area contributed by atoms with E-state index in [0.29, 0.717) is 13.0 Å². The van der Waals surface area contributed by atoms with E-state index in [1.807, 2.05) is 26.8 Å². The van der Waals surface area contributed by atoms with Crippen LogP contribution in [0.2, 0.25) is 0 Å². The first-order chi connectivity index (χ1) is 10.3. The number of rotatable bonds is 3. The molecule has 0 fully saturated rings. The molecule has 2 heterocycles. The van der Waals surface area contributed by atoms with Crippen molar-refractivity contribution in [1.29, 1.82) is 0 Å². The van der Waals surface area contributed by atoms with Gasteiger partial charge in [0, 0.05) is 18.7 Å². The zero-order valence-corrected chi connectivity index (χ0v) is 13.3. The molecule has 0 atom stereocenters. The number of nitrogens with zero attached hydrogens (tertiary/aromatic N) is 2. The summed E-state index contributed by atoms with van der Waals surface area (Å²) in [6, 6.07) is 3.62. The fourth-order valence-corrected chi connectivity index (χ4v) is 2.37. The smallest absolute Gasteiger partial charge is 0.414 e. The Bertz CT molecular complexity index is 578. The predicted octanol–water partition coefficient (Wildman–Crippen LogP) is 2.79. The lowest BCUT2D eigenvalue weighted by Gasteiger charge is -2.31. The number of ether oxygens (including phenoxy) is 1. The van der Waals surface area contributed by atoms with Gasteiger partial charge in [-0.1, -0.05) is 0 Å². The van der Waals surface area contributed by atoms with Crippen molar-refractivity contribution in [2.75, 3.05) is 11.4 Å². The number of carbonyl (C=O) groups excluding carboxylic acids is 1. The van der Waals surface area contributed by atoms with Crippen molar-refractivity contribution >= 4 is 17.7 Å². The Balaban J connectivity index is 2.17. The van der Waals surface area contributed by atoms with Gasteiger partial charge in [0.1, 0.15) is 5.60 Å². The van der Waals surface area contributed by atoms with Gasteiger partial charge in [-0.15, -0.1) is 0 Å². The van der Waals surface area contributed by atoms with Crippen LogP contribution in [0.5, 0.6) is 0 Å². The number of carbonyl (C=O) groups is 2. The Morgan fingerprint density at radius 1 is 1.36 bits per heavy atom. The summed E-state index contributed by atoms with van der Waals surface area (Å²) >= 11 is 0. The summed E-state index contributed by atoms with van der Waals surface area (Å²) < 4.78 is 5.42. The van der Waals surface area contributed by atoms with Crippen LogP contribution < -0.4 is 4.90 Å². The molecular weight excluding hydrogens is 284 g/mol. The molecule has 120 valence electrons. The second-order valence-corrected chi connectivity index (χ2v) is 6.40. The van der Waals surface area contributed by atoms with Gasteiger partial charge in [-0.2, -0.15) is 0 Å². The molecule has 0 aliphatic carbocycles. The summed E-state index contributed by atoms with van der Waals surface area (Å²) in [5, 5.41) is 8.74. The highest BCUT2D eigenvalue weighted by atomic mass is 16.6. The molecule has 22 heavy (non-hydrogen) atoms. The van der Waals surface area contributed by atoms with Gasteiger partial charge in [-0.05, 0) is 45.7 Å². The number of fused-ring (bicyclic) bond motifs is 1. The van der Waals surface area contributed by atoms with Crippen LogP contribution in [0.25, 0.3) is 0 Å². The molecule has 1 aromatic heterocycles. The maximum Gasteiger partial charge on any atom is 0.414 e. The Morgan fingerprint density at radius 3 is 2.73 bits per heavy atom. The van der Waals surface area contributed by atoms with Crippen LogP contribution in [0.1, 0.15) is 45.0 Å². The Morgan fingerprint density at radius 2 is 2.09 bits per heavy atom. The first kappa shape index (κ1) is 16.3. The van der Waals surface area contributed by atoms with Crippen molar-refractivity contribution in [1.82, 2.24) is 4.98 Å². The molecule has 6 heteroatoms. The Hall–Kier alpha value is -2.11. The highest BCUT2D eigenvalue weighted by molar-refractivity contribution is 5.89. The van der Waals surface area contributed by atoms with Crippen molar-refractivity contribution in [2.45, 2.75) is 52.1 Å². The molecule has 0 unspecified atom stereocenters. The number of anilines is 1. The number of aliphatic carboxylic acids is 1. The molecule has 1 amide bonds. The maximum absolute atomic E-state index is 12.3. The fourth-order valence-electron chi connectivity index (χ4n) is 2.37. The van der Waals surface area contributed by atoms with E-state index in [9.17, 15) is 9.59 Å². The summed E-state index contributed by atoms with van der Waals surface area (Å²) in [6.07, 6.45) is 1.70. The lowest BCUT2D eigenvalue weighted by Crippen LogP contribution is -2.40. The molecule has 1 aliphatic heterocycles. The largest absolute Gasteiger partial charge is 0.481 e.